The Kier molecular flexibility index (Phi) is 3.52. The van der Waals surface area contributed by atoms with E-state index in [1.807, 2.05) is 30.3 Å². The van der Waals surface area contributed by atoms with Gasteiger partial charge in [0.15, 0.2) is 0 Å². The van der Waals surface area contributed by atoms with Gasteiger partial charge in [0.05, 0.1) is 23.8 Å². The zero-order chi connectivity index (χ0) is 15.8. The maximum Gasteiger partial charge on any atom is 0.232 e. The van der Waals surface area contributed by atoms with Gasteiger partial charge in [-0.15, -0.1) is 0 Å². The number of rotatable bonds is 2. The number of fused-ring (bicyclic) bond motifs is 2. The van der Waals surface area contributed by atoms with E-state index < -0.39 is 0 Å². The lowest BCUT2D eigenvalue weighted by molar-refractivity contribution is -0.122. The Bertz CT molecular complexity index is 746. The number of nitrogens with one attached hydrogen (secondary N) is 1. The maximum atomic E-state index is 14.1. The fraction of sp³-hybridized carbons (Fsp3) is 0.316. The molecule has 2 atom stereocenters. The van der Waals surface area contributed by atoms with E-state index in [0.29, 0.717) is 5.56 Å². The highest BCUT2D eigenvalue weighted by molar-refractivity contribution is 6.00. The van der Waals surface area contributed by atoms with E-state index in [4.69, 9.17) is 0 Å². The Morgan fingerprint density at radius 3 is 2.74 bits per heavy atom. The summed E-state index contributed by atoms with van der Waals surface area (Å²) in [6.45, 7) is 0.271. The van der Waals surface area contributed by atoms with Crippen LogP contribution in [0.25, 0.3) is 0 Å². The van der Waals surface area contributed by atoms with Gasteiger partial charge in [0, 0.05) is 11.6 Å². The van der Waals surface area contributed by atoms with Crippen LogP contribution in [0.2, 0.25) is 0 Å². The van der Waals surface area contributed by atoms with Crippen LogP contribution in [-0.2, 0) is 11.3 Å². The molecule has 0 saturated heterocycles. The van der Waals surface area contributed by atoms with Gasteiger partial charge < -0.3 is 10.2 Å². The van der Waals surface area contributed by atoms with Gasteiger partial charge in [0.1, 0.15) is 5.82 Å². The van der Waals surface area contributed by atoms with Gasteiger partial charge in [-0.05, 0) is 31.0 Å². The minimum absolute atomic E-state index is 0.0193. The van der Waals surface area contributed by atoms with Gasteiger partial charge in [-0.1, -0.05) is 36.8 Å². The minimum Gasteiger partial charge on any atom is -0.380 e. The minimum atomic E-state index is -0.266. The first-order valence-electron chi connectivity index (χ1n) is 8.14. The second kappa shape index (κ2) is 5.69. The molecule has 0 aromatic heterocycles. The molecular formula is C19H19FN2O. The number of hydrogen-bond acceptors (Lipinski definition) is 2. The third-order valence-corrected chi connectivity index (χ3v) is 4.92. The van der Waals surface area contributed by atoms with E-state index in [1.54, 1.807) is 17.0 Å². The topological polar surface area (TPSA) is 32.3 Å². The molecule has 2 aromatic rings. The summed E-state index contributed by atoms with van der Waals surface area (Å²) >= 11 is 0. The lowest BCUT2D eigenvalue weighted by Crippen LogP contribution is -2.38. The molecule has 2 aliphatic rings. The van der Waals surface area contributed by atoms with E-state index in [2.05, 4.69) is 5.32 Å². The molecule has 0 unspecified atom stereocenters. The second-order valence-electron chi connectivity index (χ2n) is 6.32. The normalized spacial score (nSPS) is 23.0. The highest BCUT2D eigenvalue weighted by Gasteiger charge is 2.39. The quantitative estimate of drug-likeness (QED) is 0.911. The molecule has 0 spiro atoms. The zero-order valence-corrected chi connectivity index (χ0v) is 12.8. The van der Waals surface area contributed by atoms with Crippen LogP contribution >= 0.6 is 0 Å². The lowest BCUT2D eigenvalue weighted by Gasteiger charge is -2.25. The average molecular weight is 310 g/mol. The molecule has 1 N–H and O–H groups in total. The van der Waals surface area contributed by atoms with Crippen LogP contribution < -0.4 is 10.2 Å². The predicted molar refractivity (Wildman–Crippen MR) is 88.8 cm³/mol. The number of hydrogen-bond donors (Lipinski definition) is 1. The molecule has 1 heterocycles. The summed E-state index contributed by atoms with van der Waals surface area (Å²) in [5.41, 5.74) is 2.36. The molecule has 3 nitrogen and oxygen atoms in total. The summed E-state index contributed by atoms with van der Waals surface area (Å²) in [4.78, 5) is 14.8. The molecule has 1 fully saturated rings. The number of para-hydroxylation sites is 2. The number of carbonyl (C=O) groups excluding carboxylic acids is 1. The Balaban J connectivity index is 1.76. The Hall–Kier alpha value is -2.36. The molecule has 118 valence electrons. The van der Waals surface area contributed by atoms with E-state index in [-0.39, 0.29) is 30.2 Å². The lowest BCUT2D eigenvalue weighted by atomic mass is 10.0. The molecule has 1 aliphatic carbocycles. The first-order chi connectivity index (χ1) is 11.2. The Morgan fingerprint density at radius 2 is 1.87 bits per heavy atom. The van der Waals surface area contributed by atoms with Crippen molar-refractivity contribution in [2.75, 3.05) is 10.2 Å². The molecule has 1 aliphatic heterocycles. The Labute approximate surface area is 135 Å². The zero-order valence-electron chi connectivity index (χ0n) is 12.8. The van der Waals surface area contributed by atoms with E-state index in [1.165, 1.54) is 6.07 Å². The molecule has 0 radical (unpaired) electrons. The van der Waals surface area contributed by atoms with E-state index >= 15 is 0 Å². The SMILES string of the molecule is O=C1[C@H]2CCC[C@H]2Nc2ccccc2N1Cc1ccccc1F. The Morgan fingerprint density at radius 1 is 1.09 bits per heavy atom. The first kappa shape index (κ1) is 14.2. The second-order valence-corrected chi connectivity index (χ2v) is 6.32. The van der Waals surface area contributed by atoms with Crippen molar-refractivity contribution in [3.8, 4) is 0 Å². The van der Waals surface area contributed by atoms with Crippen LogP contribution in [0.4, 0.5) is 15.8 Å². The van der Waals surface area contributed by atoms with Gasteiger partial charge in [0.2, 0.25) is 5.91 Å². The van der Waals surface area contributed by atoms with Crippen LogP contribution in [0.15, 0.2) is 48.5 Å². The van der Waals surface area contributed by atoms with Crippen LogP contribution in [-0.4, -0.2) is 11.9 Å². The highest BCUT2D eigenvalue weighted by Crippen LogP contribution is 2.39. The predicted octanol–water partition coefficient (Wildman–Crippen LogP) is 3.95. The fourth-order valence-corrected chi connectivity index (χ4v) is 3.74. The van der Waals surface area contributed by atoms with Gasteiger partial charge in [0.25, 0.3) is 0 Å². The van der Waals surface area contributed by atoms with Crippen molar-refractivity contribution in [2.45, 2.75) is 31.8 Å². The van der Waals surface area contributed by atoms with Crippen molar-refractivity contribution in [3.05, 3.63) is 59.9 Å². The number of carbonyl (C=O) groups is 1. The average Bonchev–Trinajstić information content (AvgIpc) is 2.99. The number of halogens is 1. The largest absolute Gasteiger partial charge is 0.380 e. The van der Waals surface area contributed by atoms with Crippen LogP contribution in [0.3, 0.4) is 0 Å². The molecule has 4 heteroatoms. The molecular weight excluding hydrogens is 291 g/mol. The van der Waals surface area contributed by atoms with Gasteiger partial charge >= 0.3 is 0 Å². The van der Waals surface area contributed by atoms with Gasteiger partial charge in [-0.2, -0.15) is 0 Å². The van der Waals surface area contributed by atoms with Crippen LogP contribution in [0, 0.1) is 11.7 Å². The fourth-order valence-electron chi connectivity index (χ4n) is 3.74. The van der Waals surface area contributed by atoms with E-state index in [0.717, 1.165) is 30.6 Å². The van der Waals surface area contributed by atoms with Crippen molar-refractivity contribution >= 4 is 17.3 Å². The highest BCUT2D eigenvalue weighted by atomic mass is 19.1. The molecule has 1 amide bonds. The molecule has 2 aromatic carbocycles. The maximum absolute atomic E-state index is 14.1. The summed E-state index contributed by atoms with van der Waals surface area (Å²) in [6, 6.07) is 14.7. The standard InChI is InChI=1S/C19H19FN2O/c20-15-8-2-1-6-13(15)12-22-18-11-4-3-9-17(18)21-16-10-5-7-14(16)19(22)23/h1-4,6,8-9,11,14,16,21H,5,7,10,12H2/t14-,16+/m0/s1. The number of nitrogens with zero attached hydrogens (tertiary/aromatic N) is 1. The monoisotopic (exact) mass is 310 g/mol. The summed E-state index contributed by atoms with van der Waals surface area (Å²) < 4.78 is 14.1. The van der Waals surface area contributed by atoms with Crippen molar-refractivity contribution in [3.63, 3.8) is 0 Å². The van der Waals surface area contributed by atoms with E-state index in [9.17, 15) is 9.18 Å². The van der Waals surface area contributed by atoms with Crippen molar-refractivity contribution in [1.29, 1.82) is 0 Å². The number of anilines is 2. The third kappa shape index (κ3) is 2.48. The first-order valence-corrected chi connectivity index (χ1v) is 8.14. The molecule has 4 rings (SSSR count). The molecule has 0 bridgehead atoms. The summed E-state index contributed by atoms with van der Waals surface area (Å²) in [7, 11) is 0. The summed E-state index contributed by atoms with van der Waals surface area (Å²) in [5, 5.41) is 3.53. The van der Waals surface area contributed by atoms with Crippen molar-refractivity contribution in [1.82, 2.24) is 0 Å². The molecule has 23 heavy (non-hydrogen) atoms. The smallest absolute Gasteiger partial charge is 0.232 e. The third-order valence-electron chi connectivity index (χ3n) is 4.92. The van der Waals surface area contributed by atoms with Gasteiger partial charge in [-0.3, -0.25) is 4.79 Å². The van der Waals surface area contributed by atoms with Crippen LogP contribution in [0.1, 0.15) is 24.8 Å². The summed E-state index contributed by atoms with van der Waals surface area (Å²) in [5.74, 6) is -0.180. The summed E-state index contributed by atoms with van der Waals surface area (Å²) in [6.07, 6.45) is 2.97. The van der Waals surface area contributed by atoms with Crippen molar-refractivity contribution < 1.29 is 9.18 Å². The van der Waals surface area contributed by atoms with Crippen LogP contribution in [0.5, 0.6) is 0 Å². The number of benzene rings is 2. The van der Waals surface area contributed by atoms with Crippen molar-refractivity contribution in [2.24, 2.45) is 5.92 Å². The van der Waals surface area contributed by atoms with Gasteiger partial charge in [-0.25, -0.2) is 4.39 Å². The molecule has 1 saturated carbocycles. The number of amides is 1.